The molecule has 0 aromatic heterocycles. The van der Waals surface area contributed by atoms with Crippen molar-refractivity contribution < 1.29 is 0 Å². The largest absolute Gasteiger partial charge is 0.330 e. The van der Waals surface area contributed by atoms with Crippen molar-refractivity contribution >= 4 is 0 Å². The molecule has 1 heterocycles. The molecule has 1 rings (SSSR count). The van der Waals surface area contributed by atoms with Crippen LogP contribution in [0.4, 0.5) is 0 Å². The van der Waals surface area contributed by atoms with E-state index in [-0.39, 0.29) is 0 Å². The molecular weight excluding hydrogens is 184 g/mol. The Kier molecular flexibility index (Phi) is 7.03. The molecule has 90 valence electrons. The van der Waals surface area contributed by atoms with E-state index in [0.717, 1.165) is 12.5 Å². The maximum Gasteiger partial charge on any atom is 0.00101 e. The predicted molar refractivity (Wildman–Crippen MR) is 67.0 cm³/mol. The second-order valence-electron chi connectivity index (χ2n) is 4.95. The molecular formula is C13H28N2. The second-order valence-corrected chi connectivity index (χ2v) is 4.95. The fourth-order valence-corrected chi connectivity index (χ4v) is 2.59. The van der Waals surface area contributed by atoms with Crippen LogP contribution in [0.25, 0.3) is 0 Å². The van der Waals surface area contributed by atoms with E-state index >= 15 is 0 Å². The summed E-state index contributed by atoms with van der Waals surface area (Å²) in [6.45, 7) is 7.20. The molecule has 2 nitrogen and oxygen atoms in total. The van der Waals surface area contributed by atoms with E-state index in [0.29, 0.717) is 0 Å². The first-order chi connectivity index (χ1) is 7.36. The van der Waals surface area contributed by atoms with E-state index in [2.05, 4.69) is 11.8 Å². The molecule has 15 heavy (non-hydrogen) atoms. The van der Waals surface area contributed by atoms with Gasteiger partial charge >= 0.3 is 0 Å². The highest BCUT2D eigenvalue weighted by atomic mass is 15.1. The van der Waals surface area contributed by atoms with Crippen LogP contribution in [-0.2, 0) is 0 Å². The van der Waals surface area contributed by atoms with Crippen molar-refractivity contribution in [3.8, 4) is 0 Å². The Labute approximate surface area is 95.2 Å². The number of nitrogens with two attached hydrogens (primary N) is 1. The van der Waals surface area contributed by atoms with E-state index in [4.69, 9.17) is 5.73 Å². The van der Waals surface area contributed by atoms with Gasteiger partial charge in [-0.3, -0.25) is 0 Å². The summed E-state index contributed by atoms with van der Waals surface area (Å²) in [5, 5.41) is 0. The zero-order valence-corrected chi connectivity index (χ0v) is 10.4. The molecule has 2 N–H and O–H groups in total. The first-order valence-corrected chi connectivity index (χ1v) is 6.79. The van der Waals surface area contributed by atoms with Gasteiger partial charge in [0.1, 0.15) is 0 Å². The number of unbranched alkanes of at least 4 members (excludes halogenated alkanes) is 3. The number of likely N-dealkylation sites (tertiary alicyclic amines) is 1. The van der Waals surface area contributed by atoms with Gasteiger partial charge < -0.3 is 10.6 Å². The van der Waals surface area contributed by atoms with Crippen LogP contribution in [0, 0.1) is 5.92 Å². The average molecular weight is 212 g/mol. The summed E-state index contributed by atoms with van der Waals surface area (Å²) in [5.41, 5.74) is 5.47. The van der Waals surface area contributed by atoms with Gasteiger partial charge in [-0.15, -0.1) is 0 Å². The highest BCUT2D eigenvalue weighted by molar-refractivity contribution is 4.74. The number of rotatable bonds is 8. The summed E-state index contributed by atoms with van der Waals surface area (Å²) in [5.74, 6) is 0.999. The summed E-state index contributed by atoms with van der Waals surface area (Å²) in [6, 6.07) is 0. The summed E-state index contributed by atoms with van der Waals surface area (Å²) >= 11 is 0. The Morgan fingerprint density at radius 3 is 2.73 bits per heavy atom. The lowest BCUT2D eigenvalue weighted by Crippen LogP contribution is -2.21. The van der Waals surface area contributed by atoms with Crippen molar-refractivity contribution in [2.24, 2.45) is 11.7 Å². The highest BCUT2D eigenvalue weighted by Gasteiger charge is 2.20. The highest BCUT2D eigenvalue weighted by Crippen LogP contribution is 2.21. The first-order valence-electron chi connectivity index (χ1n) is 6.79. The SMILES string of the molecule is CCCC1CCN(CCCCCCN)C1. The van der Waals surface area contributed by atoms with E-state index in [1.807, 2.05) is 0 Å². The Bertz CT molecular complexity index is 147. The summed E-state index contributed by atoms with van der Waals surface area (Å²) < 4.78 is 0. The van der Waals surface area contributed by atoms with Crippen LogP contribution < -0.4 is 5.73 Å². The van der Waals surface area contributed by atoms with Crippen LogP contribution in [-0.4, -0.2) is 31.1 Å². The van der Waals surface area contributed by atoms with Crippen molar-refractivity contribution in [1.29, 1.82) is 0 Å². The van der Waals surface area contributed by atoms with Gasteiger partial charge in [0.05, 0.1) is 0 Å². The van der Waals surface area contributed by atoms with Gasteiger partial charge in [0.15, 0.2) is 0 Å². The summed E-state index contributed by atoms with van der Waals surface area (Å²) in [4.78, 5) is 2.66. The Hall–Kier alpha value is -0.0800. The smallest absolute Gasteiger partial charge is 0.00101 e. The van der Waals surface area contributed by atoms with Crippen molar-refractivity contribution in [1.82, 2.24) is 4.90 Å². The quantitative estimate of drug-likeness (QED) is 0.627. The van der Waals surface area contributed by atoms with E-state index in [1.165, 1.54) is 64.6 Å². The van der Waals surface area contributed by atoms with Gasteiger partial charge in [0, 0.05) is 6.54 Å². The third kappa shape index (κ3) is 5.53. The molecule has 0 aromatic rings. The van der Waals surface area contributed by atoms with Crippen LogP contribution in [0.3, 0.4) is 0 Å². The third-order valence-electron chi connectivity index (χ3n) is 3.50. The first kappa shape index (κ1) is 13.0. The standard InChI is InChI=1S/C13H28N2/c1-2-7-13-8-11-15(12-13)10-6-4-3-5-9-14/h13H,2-12,14H2,1H3. The molecule has 1 aliphatic heterocycles. The molecule has 1 unspecified atom stereocenters. The number of hydrogen-bond donors (Lipinski definition) is 1. The summed E-state index contributed by atoms with van der Waals surface area (Å²) in [7, 11) is 0. The van der Waals surface area contributed by atoms with Crippen LogP contribution in [0.1, 0.15) is 51.9 Å². The van der Waals surface area contributed by atoms with Gasteiger partial charge in [0.2, 0.25) is 0 Å². The van der Waals surface area contributed by atoms with Crippen molar-refractivity contribution in [2.45, 2.75) is 51.9 Å². The monoisotopic (exact) mass is 212 g/mol. The van der Waals surface area contributed by atoms with E-state index < -0.39 is 0 Å². The molecule has 0 bridgehead atoms. The van der Waals surface area contributed by atoms with Gasteiger partial charge in [-0.1, -0.05) is 26.2 Å². The van der Waals surface area contributed by atoms with Crippen LogP contribution in [0.5, 0.6) is 0 Å². The fraction of sp³-hybridized carbons (Fsp3) is 1.00. The predicted octanol–water partition coefficient (Wildman–Crippen LogP) is 2.63. The molecule has 0 amide bonds. The molecule has 0 spiro atoms. The zero-order valence-electron chi connectivity index (χ0n) is 10.4. The lowest BCUT2D eigenvalue weighted by molar-refractivity contribution is 0.311. The minimum absolute atomic E-state index is 0.863. The molecule has 1 aliphatic rings. The van der Waals surface area contributed by atoms with E-state index in [9.17, 15) is 0 Å². The molecule has 1 saturated heterocycles. The average Bonchev–Trinajstić information content (AvgIpc) is 2.66. The fourth-order valence-electron chi connectivity index (χ4n) is 2.59. The molecule has 0 aromatic carbocycles. The molecule has 2 heteroatoms. The number of hydrogen-bond acceptors (Lipinski definition) is 2. The maximum absolute atomic E-state index is 5.47. The molecule has 1 fully saturated rings. The number of nitrogens with zero attached hydrogens (tertiary/aromatic N) is 1. The van der Waals surface area contributed by atoms with Gasteiger partial charge in [-0.2, -0.15) is 0 Å². The van der Waals surface area contributed by atoms with Gasteiger partial charge in [-0.25, -0.2) is 0 Å². The van der Waals surface area contributed by atoms with Crippen LogP contribution in [0.2, 0.25) is 0 Å². The van der Waals surface area contributed by atoms with Crippen LogP contribution >= 0.6 is 0 Å². The van der Waals surface area contributed by atoms with E-state index in [1.54, 1.807) is 0 Å². The minimum Gasteiger partial charge on any atom is -0.330 e. The molecule has 0 saturated carbocycles. The Morgan fingerprint density at radius 1 is 1.20 bits per heavy atom. The third-order valence-corrected chi connectivity index (χ3v) is 3.50. The molecule has 0 radical (unpaired) electrons. The van der Waals surface area contributed by atoms with Gasteiger partial charge in [0.25, 0.3) is 0 Å². The van der Waals surface area contributed by atoms with Crippen molar-refractivity contribution in [3.63, 3.8) is 0 Å². The summed E-state index contributed by atoms with van der Waals surface area (Å²) in [6.07, 6.45) is 9.50. The Morgan fingerprint density at radius 2 is 2.00 bits per heavy atom. The molecule has 1 atom stereocenters. The van der Waals surface area contributed by atoms with Crippen molar-refractivity contribution in [3.05, 3.63) is 0 Å². The Balaban J connectivity index is 1.94. The second kappa shape index (κ2) is 8.12. The van der Waals surface area contributed by atoms with Crippen molar-refractivity contribution in [2.75, 3.05) is 26.2 Å². The van der Waals surface area contributed by atoms with Gasteiger partial charge in [-0.05, 0) is 51.2 Å². The van der Waals surface area contributed by atoms with Crippen LogP contribution in [0.15, 0.2) is 0 Å². The molecule has 0 aliphatic carbocycles. The normalized spacial score (nSPS) is 22.4. The zero-order chi connectivity index (χ0) is 10.9. The lowest BCUT2D eigenvalue weighted by Gasteiger charge is -2.15. The minimum atomic E-state index is 0.863. The maximum atomic E-state index is 5.47. The topological polar surface area (TPSA) is 29.3 Å². The lowest BCUT2D eigenvalue weighted by atomic mass is 10.0.